The SMILES string of the molecule is COc1ccc(N2C(=O)C(F)(F)[C@@H]2c2ccc(Br)cc2)cc1. The Morgan fingerprint density at radius 1 is 1.09 bits per heavy atom. The molecule has 3 rings (SSSR count). The summed E-state index contributed by atoms with van der Waals surface area (Å²) in [5.41, 5.74) is 0.813. The summed E-state index contributed by atoms with van der Waals surface area (Å²) in [6.45, 7) is 0. The standard InChI is InChI=1S/C16H12BrF2NO2/c1-22-13-8-6-12(7-9-13)20-14(16(18,19)15(20)21)10-2-4-11(17)5-3-10/h2-9,14H,1H3/t14-/m0/s1. The van der Waals surface area contributed by atoms with E-state index in [0.717, 1.165) is 9.37 Å². The average Bonchev–Trinajstić information content (AvgIpc) is 2.53. The normalized spacial score (nSPS) is 19.7. The zero-order valence-electron chi connectivity index (χ0n) is 11.6. The summed E-state index contributed by atoms with van der Waals surface area (Å²) in [6.07, 6.45) is 0. The van der Waals surface area contributed by atoms with E-state index in [4.69, 9.17) is 4.74 Å². The van der Waals surface area contributed by atoms with Gasteiger partial charge in [0.1, 0.15) is 11.8 Å². The Morgan fingerprint density at radius 2 is 1.68 bits per heavy atom. The molecule has 1 aliphatic rings. The Kier molecular flexibility index (Phi) is 3.64. The Bertz CT molecular complexity index is 701. The summed E-state index contributed by atoms with van der Waals surface area (Å²) in [6, 6.07) is 11.7. The highest BCUT2D eigenvalue weighted by Crippen LogP contribution is 2.49. The first-order chi connectivity index (χ1) is 10.4. The van der Waals surface area contributed by atoms with Gasteiger partial charge in [0.15, 0.2) is 0 Å². The fourth-order valence-corrected chi connectivity index (χ4v) is 2.77. The third-order valence-electron chi connectivity index (χ3n) is 3.64. The van der Waals surface area contributed by atoms with Crippen molar-refractivity contribution in [3.05, 3.63) is 58.6 Å². The van der Waals surface area contributed by atoms with E-state index in [1.165, 1.54) is 7.11 Å². The molecule has 0 aliphatic carbocycles. The van der Waals surface area contributed by atoms with Crippen LogP contribution in [0.3, 0.4) is 0 Å². The van der Waals surface area contributed by atoms with E-state index in [2.05, 4.69) is 15.9 Å². The van der Waals surface area contributed by atoms with Crippen LogP contribution in [0, 0.1) is 0 Å². The number of hydrogen-bond acceptors (Lipinski definition) is 2. The molecule has 0 unspecified atom stereocenters. The van der Waals surface area contributed by atoms with Crippen LogP contribution in [0.4, 0.5) is 14.5 Å². The molecule has 2 aromatic carbocycles. The molecule has 1 amide bonds. The molecular formula is C16H12BrF2NO2. The summed E-state index contributed by atoms with van der Waals surface area (Å²) < 4.78 is 33.9. The Hall–Kier alpha value is -1.95. The zero-order valence-corrected chi connectivity index (χ0v) is 13.2. The van der Waals surface area contributed by atoms with Gasteiger partial charge in [-0.15, -0.1) is 0 Å². The van der Waals surface area contributed by atoms with Crippen molar-refractivity contribution in [1.82, 2.24) is 0 Å². The average molecular weight is 368 g/mol. The summed E-state index contributed by atoms with van der Waals surface area (Å²) in [5.74, 6) is -3.98. The topological polar surface area (TPSA) is 29.5 Å². The van der Waals surface area contributed by atoms with E-state index < -0.39 is 17.9 Å². The molecule has 0 radical (unpaired) electrons. The second kappa shape index (κ2) is 5.35. The molecule has 2 aromatic rings. The summed E-state index contributed by atoms with van der Waals surface area (Å²) >= 11 is 3.27. The number of ether oxygens (including phenoxy) is 1. The number of carbonyl (C=O) groups is 1. The molecule has 1 fully saturated rings. The van der Waals surface area contributed by atoms with Gasteiger partial charge in [-0.3, -0.25) is 9.69 Å². The maximum absolute atomic E-state index is 14.0. The number of rotatable bonds is 3. The minimum absolute atomic E-state index is 0.392. The van der Waals surface area contributed by atoms with Gasteiger partial charge in [-0.2, -0.15) is 8.78 Å². The molecule has 0 saturated carbocycles. The summed E-state index contributed by atoms with van der Waals surface area (Å²) in [4.78, 5) is 12.9. The van der Waals surface area contributed by atoms with E-state index in [0.29, 0.717) is 17.0 Å². The number of nitrogens with zero attached hydrogens (tertiary/aromatic N) is 1. The van der Waals surface area contributed by atoms with Crippen LogP contribution in [-0.2, 0) is 4.79 Å². The molecule has 3 nitrogen and oxygen atoms in total. The number of benzene rings is 2. The van der Waals surface area contributed by atoms with Gasteiger partial charge in [0, 0.05) is 10.2 Å². The van der Waals surface area contributed by atoms with Crippen molar-refractivity contribution in [2.45, 2.75) is 12.0 Å². The molecule has 114 valence electrons. The summed E-state index contributed by atoms with van der Waals surface area (Å²) in [7, 11) is 1.52. The van der Waals surface area contributed by atoms with E-state index in [1.807, 2.05) is 0 Å². The predicted molar refractivity (Wildman–Crippen MR) is 82.3 cm³/mol. The zero-order chi connectivity index (χ0) is 15.9. The Morgan fingerprint density at radius 3 is 2.23 bits per heavy atom. The highest BCUT2D eigenvalue weighted by molar-refractivity contribution is 9.10. The van der Waals surface area contributed by atoms with Crippen LogP contribution in [0.1, 0.15) is 11.6 Å². The van der Waals surface area contributed by atoms with Crippen LogP contribution >= 0.6 is 15.9 Å². The van der Waals surface area contributed by atoms with Crippen molar-refractivity contribution < 1.29 is 18.3 Å². The van der Waals surface area contributed by atoms with Gasteiger partial charge in [-0.25, -0.2) is 0 Å². The first-order valence-electron chi connectivity index (χ1n) is 6.56. The van der Waals surface area contributed by atoms with Gasteiger partial charge in [0.25, 0.3) is 0 Å². The van der Waals surface area contributed by atoms with Crippen molar-refractivity contribution in [2.24, 2.45) is 0 Å². The fourth-order valence-electron chi connectivity index (χ4n) is 2.50. The molecule has 1 heterocycles. The number of anilines is 1. The number of methoxy groups -OCH3 is 1. The molecule has 0 bridgehead atoms. The molecular weight excluding hydrogens is 356 g/mol. The molecule has 1 saturated heterocycles. The van der Waals surface area contributed by atoms with E-state index in [-0.39, 0.29) is 0 Å². The second-order valence-corrected chi connectivity index (χ2v) is 5.87. The lowest BCUT2D eigenvalue weighted by atomic mass is 9.89. The van der Waals surface area contributed by atoms with Crippen molar-refractivity contribution in [2.75, 3.05) is 12.0 Å². The largest absolute Gasteiger partial charge is 0.497 e. The highest BCUT2D eigenvalue weighted by Gasteiger charge is 2.64. The predicted octanol–water partition coefficient (Wildman–Crippen LogP) is 4.18. The van der Waals surface area contributed by atoms with Crippen molar-refractivity contribution in [3.8, 4) is 5.75 Å². The van der Waals surface area contributed by atoms with Gasteiger partial charge >= 0.3 is 11.8 Å². The lowest BCUT2D eigenvalue weighted by Gasteiger charge is -2.46. The quantitative estimate of drug-likeness (QED) is 0.761. The van der Waals surface area contributed by atoms with Crippen LogP contribution < -0.4 is 9.64 Å². The molecule has 0 aromatic heterocycles. The van der Waals surface area contributed by atoms with Crippen molar-refractivity contribution in [3.63, 3.8) is 0 Å². The first-order valence-corrected chi connectivity index (χ1v) is 7.35. The van der Waals surface area contributed by atoms with Gasteiger partial charge in [-0.1, -0.05) is 28.1 Å². The molecule has 1 atom stereocenters. The third kappa shape index (κ3) is 2.27. The number of alkyl halides is 2. The van der Waals surface area contributed by atoms with E-state index in [1.54, 1.807) is 48.5 Å². The van der Waals surface area contributed by atoms with Crippen LogP contribution in [0.25, 0.3) is 0 Å². The van der Waals surface area contributed by atoms with Crippen LogP contribution in [0.2, 0.25) is 0 Å². The third-order valence-corrected chi connectivity index (χ3v) is 4.17. The maximum atomic E-state index is 14.0. The molecule has 22 heavy (non-hydrogen) atoms. The molecule has 6 heteroatoms. The molecule has 1 aliphatic heterocycles. The Labute approximate surface area is 134 Å². The van der Waals surface area contributed by atoms with Gasteiger partial charge in [0.2, 0.25) is 0 Å². The molecule has 0 N–H and O–H groups in total. The molecule has 0 spiro atoms. The van der Waals surface area contributed by atoms with E-state index >= 15 is 0 Å². The van der Waals surface area contributed by atoms with Crippen LogP contribution in [0.5, 0.6) is 5.75 Å². The number of hydrogen-bond donors (Lipinski definition) is 0. The lowest BCUT2D eigenvalue weighted by Crippen LogP contribution is -2.64. The maximum Gasteiger partial charge on any atom is 0.349 e. The van der Waals surface area contributed by atoms with Crippen molar-refractivity contribution >= 4 is 27.5 Å². The van der Waals surface area contributed by atoms with Gasteiger partial charge in [-0.05, 0) is 42.0 Å². The first kappa shape index (κ1) is 15.0. The summed E-state index contributed by atoms with van der Waals surface area (Å²) in [5, 5.41) is 0. The number of amides is 1. The number of carbonyl (C=O) groups excluding carboxylic acids is 1. The smallest absolute Gasteiger partial charge is 0.349 e. The fraction of sp³-hybridized carbons (Fsp3) is 0.188. The highest BCUT2D eigenvalue weighted by atomic mass is 79.9. The number of β-lactam (4-membered cyclic amide) rings is 1. The lowest BCUT2D eigenvalue weighted by molar-refractivity contribution is -0.162. The van der Waals surface area contributed by atoms with Gasteiger partial charge in [0.05, 0.1) is 7.11 Å². The minimum Gasteiger partial charge on any atom is -0.497 e. The van der Waals surface area contributed by atoms with Crippen LogP contribution in [-0.4, -0.2) is 18.9 Å². The number of halogens is 3. The van der Waals surface area contributed by atoms with Crippen LogP contribution in [0.15, 0.2) is 53.0 Å². The van der Waals surface area contributed by atoms with E-state index in [9.17, 15) is 13.6 Å². The Balaban J connectivity index is 1.98. The second-order valence-electron chi connectivity index (χ2n) is 4.95. The minimum atomic E-state index is -3.40. The monoisotopic (exact) mass is 367 g/mol. The van der Waals surface area contributed by atoms with Gasteiger partial charge < -0.3 is 4.74 Å². The van der Waals surface area contributed by atoms with Crippen molar-refractivity contribution in [1.29, 1.82) is 0 Å².